The Morgan fingerprint density at radius 2 is 2.00 bits per heavy atom. The van der Waals surface area contributed by atoms with Gasteiger partial charge < -0.3 is 5.32 Å². The Morgan fingerprint density at radius 3 is 2.70 bits per heavy atom. The number of carbonyl (C=O) groups is 1. The molecule has 1 amide bonds. The van der Waals surface area contributed by atoms with E-state index in [9.17, 15) is 18.0 Å². The number of likely N-dealkylation sites (tertiary alicyclic amines) is 1. The second kappa shape index (κ2) is 8.74. The molecule has 1 saturated carbocycles. The largest absolute Gasteiger partial charge is 0.416 e. The van der Waals surface area contributed by atoms with Gasteiger partial charge in [0.2, 0.25) is 5.91 Å². The fraction of sp³-hybridized carbons (Fsp3) is 0.625. The molecule has 1 aromatic rings. The van der Waals surface area contributed by atoms with E-state index in [1.807, 2.05) is 0 Å². The second-order valence-electron chi connectivity index (χ2n) is 9.24. The summed E-state index contributed by atoms with van der Waals surface area (Å²) in [6.07, 6.45) is 6.75. The third kappa shape index (κ3) is 5.08. The summed E-state index contributed by atoms with van der Waals surface area (Å²) in [4.78, 5) is 14.8. The zero-order valence-corrected chi connectivity index (χ0v) is 17.4. The first-order valence-corrected chi connectivity index (χ1v) is 11.2. The maximum atomic E-state index is 12.9. The van der Waals surface area contributed by atoms with E-state index in [0.29, 0.717) is 12.1 Å². The van der Waals surface area contributed by atoms with Crippen LogP contribution in [-0.2, 0) is 17.5 Å². The summed E-state index contributed by atoms with van der Waals surface area (Å²) in [6, 6.07) is 5.61. The molecule has 164 valence electrons. The molecule has 1 spiro atoms. The Morgan fingerprint density at radius 1 is 1.20 bits per heavy atom. The van der Waals surface area contributed by atoms with Gasteiger partial charge in [-0.1, -0.05) is 29.8 Å². The summed E-state index contributed by atoms with van der Waals surface area (Å²) < 4.78 is 38.7. The summed E-state index contributed by atoms with van der Waals surface area (Å²) in [5.74, 6) is 0.311. The van der Waals surface area contributed by atoms with Crippen LogP contribution >= 0.6 is 0 Å². The molecule has 1 aliphatic heterocycles. The van der Waals surface area contributed by atoms with Crippen LogP contribution in [-0.4, -0.2) is 30.4 Å². The number of alkyl halides is 3. The van der Waals surface area contributed by atoms with Gasteiger partial charge >= 0.3 is 6.18 Å². The van der Waals surface area contributed by atoms with Crippen molar-refractivity contribution in [1.29, 1.82) is 0 Å². The lowest BCUT2D eigenvalue weighted by atomic mass is 9.90. The quantitative estimate of drug-likeness (QED) is 0.632. The van der Waals surface area contributed by atoms with Gasteiger partial charge in [-0.15, -0.1) is 0 Å². The standard InChI is InChI=1S/C24H31F3N2O/c25-24(26,27)20-8-4-7-19(15-20)17-29-13-10-23(11-14-29)16-21(23)22(30)28-12-9-18-5-2-1-3-6-18/h4-5,7-8,15,21H,1-3,6,9-14,16-17H2,(H,28,30)/t21-/m1/s1. The molecule has 0 radical (unpaired) electrons. The lowest BCUT2D eigenvalue weighted by Crippen LogP contribution is -2.37. The molecule has 0 bridgehead atoms. The molecule has 1 atom stereocenters. The van der Waals surface area contributed by atoms with E-state index in [-0.39, 0.29) is 17.2 Å². The lowest BCUT2D eigenvalue weighted by molar-refractivity contribution is -0.137. The van der Waals surface area contributed by atoms with E-state index >= 15 is 0 Å². The van der Waals surface area contributed by atoms with Crippen LogP contribution in [0.1, 0.15) is 62.5 Å². The van der Waals surface area contributed by atoms with Crippen molar-refractivity contribution in [3.63, 3.8) is 0 Å². The average Bonchev–Trinajstić information content (AvgIpc) is 3.44. The van der Waals surface area contributed by atoms with Gasteiger partial charge in [0.15, 0.2) is 0 Å². The van der Waals surface area contributed by atoms with Crippen LogP contribution in [0.15, 0.2) is 35.9 Å². The predicted molar refractivity (Wildman–Crippen MR) is 111 cm³/mol. The summed E-state index contributed by atoms with van der Waals surface area (Å²) in [5.41, 5.74) is 1.72. The molecule has 0 unspecified atom stereocenters. The third-order valence-corrected chi connectivity index (χ3v) is 7.15. The molecule has 2 fully saturated rings. The summed E-state index contributed by atoms with van der Waals surface area (Å²) in [7, 11) is 0. The smallest absolute Gasteiger partial charge is 0.356 e. The maximum Gasteiger partial charge on any atom is 0.416 e. The van der Waals surface area contributed by atoms with Crippen molar-refractivity contribution in [2.24, 2.45) is 11.3 Å². The minimum atomic E-state index is -4.30. The summed E-state index contributed by atoms with van der Waals surface area (Å²) in [6.45, 7) is 2.95. The Bertz CT molecular complexity index is 794. The molecule has 3 nitrogen and oxygen atoms in total. The number of hydrogen-bond acceptors (Lipinski definition) is 2. The van der Waals surface area contributed by atoms with Crippen LogP contribution in [0.3, 0.4) is 0 Å². The van der Waals surface area contributed by atoms with Gasteiger partial charge in [0.25, 0.3) is 0 Å². The SMILES string of the molecule is O=C(NCCC1=CCCCC1)[C@H]1CC12CCN(Cc1cccc(C(F)(F)F)c1)CC2. The number of benzene rings is 1. The highest BCUT2D eigenvalue weighted by atomic mass is 19.4. The maximum absolute atomic E-state index is 12.9. The molecule has 4 rings (SSSR count). The molecule has 1 heterocycles. The Balaban J connectivity index is 1.21. The van der Waals surface area contributed by atoms with Crippen molar-refractivity contribution in [2.45, 2.75) is 64.1 Å². The molecule has 0 aromatic heterocycles. The molecule has 2 aliphatic carbocycles. The Hall–Kier alpha value is -1.82. The molecule has 30 heavy (non-hydrogen) atoms. The average molecular weight is 421 g/mol. The number of halogens is 3. The van der Waals surface area contributed by atoms with E-state index in [4.69, 9.17) is 0 Å². The first-order chi connectivity index (χ1) is 14.4. The highest BCUT2D eigenvalue weighted by Crippen LogP contribution is 2.59. The van der Waals surface area contributed by atoms with Crippen LogP contribution in [0.5, 0.6) is 0 Å². The van der Waals surface area contributed by atoms with Crippen molar-refractivity contribution in [2.75, 3.05) is 19.6 Å². The van der Waals surface area contributed by atoms with Gasteiger partial charge in [0.1, 0.15) is 0 Å². The Labute approximate surface area is 176 Å². The molecular weight excluding hydrogens is 389 g/mol. The number of allylic oxidation sites excluding steroid dienone is 1. The monoisotopic (exact) mass is 420 g/mol. The summed E-state index contributed by atoms with van der Waals surface area (Å²) in [5, 5.41) is 3.13. The van der Waals surface area contributed by atoms with E-state index in [1.54, 1.807) is 6.07 Å². The third-order valence-electron chi connectivity index (χ3n) is 7.15. The minimum absolute atomic E-state index is 0.119. The number of amides is 1. The fourth-order valence-electron chi connectivity index (χ4n) is 5.13. The van der Waals surface area contributed by atoms with Crippen molar-refractivity contribution < 1.29 is 18.0 Å². The van der Waals surface area contributed by atoms with Crippen LogP contribution in [0.4, 0.5) is 13.2 Å². The van der Waals surface area contributed by atoms with E-state index < -0.39 is 11.7 Å². The van der Waals surface area contributed by atoms with Gasteiger partial charge in [0, 0.05) is 19.0 Å². The lowest BCUT2D eigenvalue weighted by Gasteiger charge is -2.33. The number of rotatable bonds is 6. The van der Waals surface area contributed by atoms with Crippen LogP contribution in [0.2, 0.25) is 0 Å². The topological polar surface area (TPSA) is 32.3 Å². The first-order valence-electron chi connectivity index (χ1n) is 11.2. The van der Waals surface area contributed by atoms with Crippen molar-refractivity contribution in [1.82, 2.24) is 10.2 Å². The van der Waals surface area contributed by atoms with Crippen molar-refractivity contribution in [3.8, 4) is 0 Å². The van der Waals surface area contributed by atoms with Crippen molar-refractivity contribution >= 4 is 5.91 Å². The van der Waals surface area contributed by atoms with Gasteiger partial charge in [-0.05, 0) is 81.5 Å². The zero-order valence-electron chi connectivity index (χ0n) is 17.4. The number of nitrogens with one attached hydrogen (secondary N) is 1. The zero-order chi connectivity index (χ0) is 21.2. The first kappa shape index (κ1) is 21.4. The van der Waals surface area contributed by atoms with E-state index in [2.05, 4.69) is 16.3 Å². The van der Waals surface area contributed by atoms with Crippen molar-refractivity contribution in [3.05, 3.63) is 47.0 Å². The van der Waals surface area contributed by atoms with Crippen LogP contribution < -0.4 is 5.32 Å². The highest BCUT2D eigenvalue weighted by molar-refractivity contribution is 5.82. The normalized spacial score (nSPS) is 23.8. The van der Waals surface area contributed by atoms with Gasteiger partial charge in [-0.25, -0.2) is 0 Å². The number of nitrogens with zero attached hydrogens (tertiary/aromatic N) is 1. The summed E-state index contributed by atoms with van der Waals surface area (Å²) >= 11 is 0. The molecule has 6 heteroatoms. The molecule has 1 saturated heterocycles. The molecule has 1 aromatic carbocycles. The highest BCUT2D eigenvalue weighted by Gasteiger charge is 2.58. The number of piperidine rings is 1. The molecule has 1 N–H and O–H groups in total. The number of hydrogen-bond donors (Lipinski definition) is 1. The van der Waals surface area contributed by atoms with Gasteiger partial charge in [0.05, 0.1) is 5.56 Å². The second-order valence-corrected chi connectivity index (χ2v) is 9.24. The minimum Gasteiger partial charge on any atom is -0.356 e. The van der Waals surface area contributed by atoms with Gasteiger partial charge in [-0.2, -0.15) is 13.2 Å². The predicted octanol–water partition coefficient (Wildman–Crippen LogP) is 5.31. The van der Waals surface area contributed by atoms with Gasteiger partial charge in [-0.3, -0.25) is 9.69 Å². The van der Waals surface area contributed by atoms with E-state index in [0.717, 1.165) is 51.4 Å². The van der Waals surface area contributed by atoms with E-state index in [1.165, 1.54) is 43.4 Å². The molecular formula is C24H31F3N2O. The van der Waals surface area contributed by atoms with Crippen LogP contribution in [0, 0.1) is 11.3 Å². The fourth-order valence-corrected chi connectivity index (χ4v) is 5.13. The Kier molecular flexibility index (Phi) is 6.24. The van der Waals surface area contributed by atoms with Crippen LogP contribution in [0.25, 0.3) is 0 Å². The number of carbonyl (C=O) groups excluding carboxylic acids is 1. The molecule has 3 aliphatic rings.